The van der Waals surface area contributed by atoms with Gasteiger partial charge in [-0.15, -0.1) is 0 Å². The number of methoxy groups -OCH3 is 1. The van der Waals surface area contributed by atoms with Crippen molar-refractivity contribution in [1.82, 2.24) is 10.3 Å². The van der Waals surface area contributed by atoms with Crippen molar-refractivity contribution in [3.63, 3.8) is 0 Å². The Hall–Kier alpha value is -3.20. The number of thiocarbonyl (C=S) groups is 1. The number of para-hydroxylation sites is 1. The van der Waals surface area contributed by atoms with E-state index in [1.54, 1.807) is 13.0 Å². The number of carbonyl (C=O) groups excluding carboxylic acids is 2. The Morgan fingerprint density at radius 3 is 2.44 bits per heavy atom. The summed E-state index contributed by atoms with van der Waals surface area (Å²) in [7, 11) is 1.45. The number of esters is 2. The van der Waals surface area contributed by atoms with E-state index in [-0.39, 0.29) is 22.5 Å². The average Bonchev–Trinajstić information content (AvgIpc) is 2.85. The lowest BCUT2D eigenvalue weighted by molar-refractivity contribution is -0.155. The largest absolute Gasteiger partial charge is 0.493 e. The summed E-state index contributed by atoms with van der Waals surface area (Å²) >= 11 is 5.46. The molecule has 1 heterocycles. The molecular formula is C27H36N2O6S. The monoisotopic (exact) mass is 516 g/mol. The topological polar surface area (TPSA) is 96.0 Å². The lowest BCUT2D eigenvalue weighted by Gasteiger charge is -2.27. The summed E-state index contributed by atoms with van der Waals surface area (Å²) in [6.45, 7) is 6.97. The van der Waals surface area contributed by atoms with E-state index >= 15 is 0 Å². The third-order valence-electron chi connectivity index (χ3n) is 5.45. The highest BCUT2D eigenvalue weighted by Crippen LogP contribution is 2.30. The third-order valence-corrected chi connectivity index (χ3v) is 5.76. The Bertz CT molecular complexity index is 1000. The maximum Gasteiger partial charge on any atom is 0.328 e. The number of rotatable bonds is 14. The van der Waals surface area contributed by atoms with Crippen LogP contribution in [0, 0.1) is 0 Å². The molecule has 0 spiro atoms. The number of unbranched alkanes of at least 4 members (excludes halogenated alkanes) is 3. The first-order chi connectivity index (χ1) is 17.3. The number of hydrogen-bond acceptors (Lipinski definition) is 8. The molecule has 36 heavy (non-hydrogen) atoms. The lowest BCUT2D eigenvalue weighted by Crippen LogP contribution is -2.43. The Morgan fingerprint density at radius 2 is 1.81 bits per heavy atom. The summed E-state index contributed by atoms with van der Waals surface area (Å²) in [5, 5.41) is 2.94. The van der Waals surface area contributed by atoms with Gasteiger partial charge in [-0.2, -0.15) is 0 Å². The molecule has 0 bridgehead atoms. The van der Waals surface area contributed by atoms with E-state index in [4.69, 9.17) is 31.2 Å². The minimum atomic E-state index is -0.780. The second-order valence-electron chi connectivity index (χ2n) is 8.44. The zero-order valence-corrected chi connectivity index (χ0v) is 22.4. The van der Waals surface area contributed by atoms with Crippen molar-refractivity contribution < 1.29 is 28.5 Å². The van der Waals surface area contributed by atoms with Gasteiger partial charge in [0.25, 0.3) is 0 Å². The number of carbonyl (C=O) groups is 2. The molecule has 0 saturated carbocycles. The normalized spacial score (nSPS) is 13.1. The van der Waals surface area contributed by atoms with Crippen LogP contribution >= 0.6 is 12.2 Å². The van der Waals surface area contributed by atoms with Crippen LogP contribution in [0.25, 0.3) is 0 Å². The fourth-order valence-corrected chi connectivity index (χ4v) is 3.84. The molecule has 1 N–H and O–H groups in total. The quantitative estimate of drug-likeness (QED) is 0.211. The van der Waals surface area contributed by atoms with Crippen LogP contribution in [0.3, 0.4) is 0 Å². The van der Waals surface area contributed by atoms with Crippen LogP contribution in [-0.2, 0) is 14.3 Å². The van der Waals surface area contributed by atoms with E-state index in [2.05, 4.69) is 17.2 Å². The highest BCUT2D eigenvalue weighted by atomic mass is 32.1. The summed E-state index contributed by atoms with van der Waals surface area (Å²) < 4.78 is 22.5. The molecular weight excluding hydrogens is 480 g/mol. The predicted molar refractivity (Wildman–Crippen MR) is 142 cm³/mol. The molecule has 0 fully saturated rings. The highest BCUT2D eigenvalue weighted by molar-refractivity contribution is 7.80. The first-order valence-electron chi connectivity index (χ1n) is 12.2. The van der Waals surface area contributed by atoms with E-state index in [1.807, 2.05) is 37.3 Å². The van der Waals surface area contributed by atoms with Crippen molar-refractivity contribution in [2.24, 2.45) is 0 Å². The summed E-state index contributed by atoms with van der Waals surface area (Å²) in [6.07, 6.45) is 5.62. The molecule has 196 valence electrons. The summed E-state index contributed by atoms with van der Waals surface area (Å²) in [5.41, 5.74) is 0.191. The molecule has 0 aliphatic rings. The van der Waals surface area contributed by atoms with Crippen LogP contribution in [0.15, 0.2) is 42.6 Å². The van der Waals surface area contributed by atoms with Gasteiger partial charge in [0.2, 0.25) is 5.75 Å². The maximum atomic E-state index is 13.0. The van der Waals surface area contributed by atoms with Crippen LogP contribution in [0.5, 0.6) is 17.2 Å². The first-order valence-corrected chi connectivity index (χ1v) is 12.6. The molecule has 9 heteroatoms. The Balaban J connectivity index is 2.09. The molecule has 2 aromatic rings. The van der Waals surface area contributed by atoms with Crippen molar-refractivity contribution in [1.29, 1.82) is 0 Å². The van der Waals surface area contributed by atoms with Crippen molar-refractivity contribution >= 4 is 29.1 Å². The predicted octanol–water partition coefficient (Wildman–Crippen LogP) is 5.02. The van der Waals surface area contributed by atoms with Gasteiger partial charge in [0, 0.05) is 19.2 Å². The Morgan fingerprint density at radius 1 is 1.08 bits per heavy atom. The van der Waals surface area contributed by atoms with E-state index in [9.17, 15) is 9.59 Å². The van der Waals surface area contributed by atoms with E-state index < -0.39 is 24.1 Å². The first kappa shape index (κ1) is 29.0. The number of aromatic nitrogens is 1. The van der Waals surface area contributed by atoms with E-state index in [1.165, 1.54) is 20.2 Å². The number of benzene rings is 1. The van der Waals surface area contributed by atoms with Crippen molar-refractivity contribution in [3.8, 4) is 17.2 Å². The number of pyridine rings is 1. The molecule has 8 nitrogen and oxygen atoms in total. The fraction of sp³-hybridized carbons (Fsp3) is 0.481. The lowest BCUT2D eigenvalue weighted by atomic mass is 10.1. The Labute approximate surface area is 218 Å². The van der Waals surface area contributed by atoms with E-state index in [0.717, 1.165) is 25.7 Å². The SMILES string of the molecule is CCCCCC[C@H](OC(=O)[C@H](C)NC(=S)c1nccc(OC)c1OC(C)=O)[C@@H](C)Oc1ccccc1. The molecule has 1 aromatic carbocycles. The molecule has 0 aliphatic heterocycles. The minimum Gasteiger partial charge on any atom is -0.493 e. The number of nitrogens with zero attached hydrogens (tertiary/aromatic N) is 1. The number of hydrogen-bond donors (Lipinski definition) is 1. The van der Waals surface area contributed by atoms with Gasteiger partial charge in [-0.3, -0.25) is 4.79 Å². The fourth-order valence-electron chi connectivity index (χ4n) is 3.52. The highest BCUT2D eigenvalue weighted by Gasteiger charge is 2.27. The Kier molecular flexibility index (Phi) is 12.1. The van der Waals surface area contributed by atoms with Crippen molar-refractivity contribution in [3.05, 3.63) is 48.3 Å². The van der Waals surface area contributed by atoms with Gasteiger partial charge in [-0.05, 0) is 38.8 Å². The molecule has 0 unspecified atom stereocenters. The third kappa shape index (κ3) is 9.11. The van der Waals surface area contributed by atoms with Gasteiger partial charge >= 0.3 is 11.9 Å². The molecule has 2 rings (SSSR count). The van der Waals surface area contributed by atoms with Crippen molar-refractivity contribution in [2.75, 3.05) is 7.11 Å². The minimum absolute atomic E-state index is 0.0873. The summed E-state index contributed by atoms with van der Waals surface area (Å²) in [4.78, 5) is 28.9. The average molecular weight is 517 g/mol. The van der Waals surface area contributed by atoms with Gasteiger partial charge in [-0.25, -0.2) is 9.78 Å². The van der Waals surface area contributed by atoms with Crippen molar-refractivity contribution in [2.45, 2.75) is 78.0 Å². The number of nitrogens with one attached hydrogen (secondary N) is 1. The molecule has 0 saturated heterocycles. The van der Waals surface area contributed by atoms with Gasteiger partial charge in [0.1, 0.15) is 34.7 Å². The zero-order chi connectivity index (χ0) is 26.5. The zero-order valence-electron chi connectivity index (χ0n) is 21.6. The van der Waals surface area contributed by atoms with Gasteiger partial charge in [0.15, 0.2) is 5.75 Å². The van der Waals surface area contributed by atoms with Gasteiger partial charge in [0.05, 0.1) is 7.11 Å². The molecule has 0 aliphatic carbocycles. The smallest absolute Gasteiger partial charge is 0.328 e. The van der Waals surface area contributed by atoms with Crippen LogP contribution in [0.4, 0.5) is 0 Å². The summed E-state index contributed by atoms with van der Waals surface area (Å²) in [5.74, 6) is 0.0846. The van der Waals surface area contributed by atoms with Crippen LogP contribution < -0.4 is 19.5 Å². The van der Waals surface area contributed by atoms with Gasteiger partial charge < -0.3 is 24.3 Å². The van der Waals surface area contributed by atoms with Gasteiger partial charge in [-0.1, -0.05) is 56.6 Å². The molecule has 3 atom stereocenters. The maximum absolute atomic E-state index is 13.0. The van der Waals surface area contributed by atoms with Crippen LogP contribution in [-0.4, -0.2) is 47.3 Å². The van der Waals surface area contributed by atoms with Crippen LogP contribution in [0.1, 0.15) is 65.5 Å². The molecule has 0 amide bonds. The van der Waals surface area contributed by atoms with E-state index in [0.29, 0.717) is 17.9 Å². The second-order valence-corrected chi connectivity index (χ2v) is 8.85. The molecule has 0 radical (unpaired) electrons. The summed E-state index contributed by atoms with van der Waals surface area (Å²) in [6, 6.07) is 10.2. The molecule has 1 aromatic heterocycles. The number of ether oxygens (including phenoxy) is 4. The standard InChI is InChI=1S/C27H36N2O6S/c1-6-7-8-12-15-22(19(3)33-21-13-10-9-11-14-21)35-27(31)18(2)29-26(36)24-25(34-20(4)30)23(32-5)16-17-28-24/h9-11,13-14,16-19,22H,6-8,12,15H2,1-5H3,(H,29,36)/t18-,19+,22-/m0/s1. The second kappa shape index (κ2) is 15.0. The van der Waals surface area contributed by atoms with Crippen LogP contribution in [0.2, 0.25) is 0 Å².